The summed E-state index contributed by atoms with van der Waals surface area (Å²) in [4.78, 5) is 4.42. The van der Waals surface area contributed by atoms with Crippen molar-refractivity contribution in [3.05, 3.63) is 40.9 Å². The molecule has 0 saturated heterocycles. The van der Waals surface area contributed by atoms with Gasteiger partial charge in [0.1, 0.15) is 10.1 Å². The van der Waals surface area contributed by atoms with Crippen molar-refractivity contribution in [3.8, 4) is 5.75 Å². The molecule has 0 atom stereocenters. The van der Waals surface area contributed by atoms with E-state index in [1.807, 2.05) is 31.2 Å². The van der Waals surface area contributed by atoms with Gasteiger partial charge in [0.15, 0.2) is 0 Å². The molecular formula is C14H18N2OS2. The van der Waals surface area contributed by atoms with Gasteiger partial charge in [0.05, 0.1) is 6.61 Å². The van der Waals surface area contributed by atoms with E-state index in [2.05, 4.69) is 10.4 Å². The lowest BCUT2D eigenvalue weighted by atomic mass is 10.2. The van der Waals surface area contributed by atoms with E-state index in [1.54, 1.807) is 23.1 Å². The van der Waals surface area contributed by atoms with Crippen LogP contribution in [0.5, 0.6) is 5.75 Å². The fourth-order valence-electron chi connectivity index (χ4n) is 1.61. The number of benzene rings is 1. The van der Waals surface area contributed by atoms with Gasteiger partial charge < -0.3 is 10.5 Å². The standard InChI is InChI=1S/C14H18N2OS2/c1-11-10-19-14(16-11)18-8-4-7-17-13-6-3-2-5-12(13)9-15/h2-3,5-6,10H,4,7-9,15H2,1H3. The van der Waals surface area contributed by atoms with Crippen molar-refractivity contribution >= 4 is 23.1 Å². The smallest absolute Gasteiger partial charge is 0.150 e. The number of nitrogens with zero attached hydrogens (tertiary/aromatic N) is 1. The zero-order valence-corrected chi connectivity index (χ0v) is 12.6. The number of thiazole rings is 1. The first-order valence-corrected chi connectivity index (χ1v) is 8.12. The highest BCUT2D eigenvalue weighted by molar-refractivity contribution is 8.00. The highest BCUT2D eigenvalue weighted by atomic mass is 32.2. The number of rotatable bonds is 7. The SMILES string of the molecule is Cc1csc(SCCCOc2ccccc2CN)n1. The van der Waals surface area contributed by atoms with Crippen LogP contribution in [0.4, 0.5) is 0 Å². The summed E-state index contributed by atoms with van der Waals surface area (Å²) < 4.78 is 6.90. The van der Waals surface area contributed by atoms with Crippen molar-refractivity contribution in [3.63, 3.8) is 0 Å². The van der Waals surface area contributed by atoms with Crippen LogP contribution < -0.4 is 10.5 Å². The van der Waals surface area contributed by atoms with Crippen LogP contribution in [-0.2, 0) is 6.54 Å². The van der Waals surface area contributed by atoms with Crippen molar-refractivity contribution in [2.45, 2.75) is 24.2 Å². The number of aromatic nitrogens is 1. The predicted molar refractivity (Wildman–Crippen MR) is 82.0 cm³/mol. The number of hydrogen-bond donors (Lipinski definition) is 1. The lowest BCUT2D eigenvalue weighted by Crippen LogP contribution is -2.04. The molecule has 2 N–H and O–H groups in total. The molecular weight excluding hydrogens is 276 g/mol. The lowest BCUT2D eigenvalue weighted by molar-refractivity contribution is 0.315. The summed E-state index contributed by atoms with van der Waals surface area (Å²) in [5.74, 6) is 1.93. The third-order valence-electron chi connectivity index (χ3n) is 2.56. The Hall–Kier alpha value is -1.04. The summed E-state index contributed by atoms with van der Waals surface area (Å²) in [6.45, 7) is 3.26. The Morgan fingerprint density at radius 2 is 2.21 bits per heavy atom. The number of nitrogens with two attached hydrogens (primary N) is 1. The number of thioether (sulfide) groups is 1. The highest BCUT2D eigenvalue weighted by Crippen LogP contribution is 2.23. The maximum absolute atomic E-state index is 5.76. The minimum atomic E-state index is 0.517. The van der Waals surface area contributed by atoms with Gasteiger partial charge in [0, 0.05) is 28.9 Å². The van der Waals surface area contributed by atoms with Crippen molar-refractivity contribution in [2.24, 2.45) is 5.73 Å². The van der Waals surface area contributed by atoms with Gasteiger partial charge in [-0.1, -0.05) is 30.0 Å². The third-order valence-corrected chi connectivity index (χ3v) is 4.79. The van der Waals surface area contributed by atoms with E-state index in [9.17, 15) is 0 Å². The second-order valence-corrected chi connectivity index (χ2v) is 6.32. The molecule has 0 spiro atoms. The van der Waals surface area contributed by atoms with E-state index < -0.39 is 0 Å². The monoisotopic (exact) mass is 294 g/mol. The molecule has 0 bridgehead atoms. The molecule has 1 aromatic carbocycles. The molecule has 0 aliphatic heterocycles. The summed E-state index contributed by atoms with van der Waals surface area (Å²) in [5.41, 5.74) is 7.83. The number of hydrogen-bond acceptors (Lipinski definition) is 5. The van der Waals surface area contributed by atoms with E-state index in [0.29, 0.717) is 13.2 Å². The molecule has 19 heavy (non-hydrogen) atoms. The Morgan fingerprint density at radius 1 is 1.37 bits per heavy atom. The molecule has 0 aliphatic rings. The van der Waals surface area contributed by atoms with Crippen molar-refractivity contribution in [2.75, 3.05) is 12.4 Å². The summed E-state index contributed by atoms with van der Waals surface area (Å²) >= 11 is 3.49. The summed E-state index contributed by atoms with van der Waals surface area (Å²) in [7, 11) is 0. The molecule has 1 heterocycles. The average molecular weight is 294 g/mol. The van der Waals surface area contributed by atoms with Crippen LogP contribution >= 0.6 is 23.1 Å². The van der Waals surface area contributed by atoms with Gasteiger partial charge in [0.2, 0.25) is 0 Å². The number of ether oxygens (including phenoxy) is 1. The molecule has 0 aliphatic carbocycles. The second-order valence-electron chi connectivity index (χ2n) is 4.12. The van der Waals surface area contributed by atoms with Crippen LogP contribution in [0.1, 0.15) is 17.7 Å². The van der Waals surface area contributed by atoms with Gasteiger partial charge in [-0.05, 0) is 19.4 Å². The first-order valence-electron chi connectivity index (χ1n) is 6.25. The van der Waals surface area contributed by atoms with Gasteiger partial charge in [-0.3, -0.25) is 0 Å². The normalized spacial score (nSPS) is 10.6. The maximum atomic E-state index is 5.76. The zero-order valence-electron chi connectivity index (χ0n) is 11.0. The van der Waals surface area contributed by atoms with Crippen LogP contribution in [0.15, 0.2) is 34.0 Å². The molecule has 2 aromatic rings. The second kappa shape index (κ2) is 7.53. The molecule has 5 heteroatoms. The van der Waals surface area contributed by atoms with Crippen LogP contribution in [0, 0.1) is 6.92 Å². The van der Waals surface area contributed by atoms with Gasteiger partial charge in [-0.25, -0.2) is 4.98 Å². The average Bonchev–Trinajstić information content (AvgIpc) is 2.84. The van der Waals surface area contributed by atoms with Gasteiger partial charge >= 0.3 is 0 Å². The van der Waals surface area contributed by atoms with Gasteiger partial charge in [-0.15, -0.1) is 11.3 Å². The topological polar surface area (TPSA) is 48.1 Å². The molecule has 0 saturated carbocycles. The molecule has 0 unspecified atom stereocenters. The first-order chi connectivity index (χ1) is 9.29. The summed E-state index contributed by atoms with van der Waals surface area (Å²) in [6, 6.07) is 7.93. The Kier molecular flexibility index (Phi) is 5.69. The van der Waals surface area contributed by atoms with E-state index in [-0.39, 0.29) is 0 Å². The van der Waals surface area contributed by atoms with Crippen molar-refractivity contribution in [1.82, 2.24) is 4.98 Å². The Balaban J connectivity index is 1.69. The molecule has 0 amide bonds. The molecule has 1 aromatic heterocycles. The van der Waals surface area contributed by atoms with Crippen molar-refractivity contribution in [1.29, 1.82) is 0 Å². The minimum Gasteiger partial charge on any atom is -0.493 e. The molecule has 102 valence electrons. The summed E-state index contributed by atoms with van der Waals surface area (Å²) in [6.07, 6.45) is 1.00. The number of aryl methyl sites for hydroxylation is 1. The van der Waals surface area contributed by atoms with E-state index in [1.165, 1.54) is 0 Å². The number of para-hydroxylation sites is 1. The molecule has 0 fully saturated rings. The zero-order chi connectivity index (χ0) is 13.5. The van der Waals surface area contributed by atoms with E-state index in [0.717, 1.165) is 33.5 Å². The third kappa shape index (κ3) is 4.53. The van der Waals surface area contributed by atoms with Crippen LogP contribution in [0.2, 0.25) is 0 Å². The maximum Gasteiger partial charge on any atom is 0.150 e. The summed E-state index contributed by atoms with van der Waals surface area (Å²) in [5, 5.41) is 2.08. The largest absolute Gasteiger partial charge is 0.493 e. The Morgan fingerprint density at radius 3 is 2.95 bits per heavy atom. The fraction of sp³-hybridized carbons (Fsp3) is 0.357. The van der Waals surface area contributed by atoms with Gasteiger partial charge in [-0.2, -0.15) is 0 Å². The van der Waals surface area contributed by atoms with Crippen LogP contribution in [0.25, 0.3) is 0 Å². The Labute approximate surface area is 122 Å². The highest BCUT2D eigenvalue weighted by Gasteiger charge is 2.02. The fourth-order valence-corrected chi connectivity index (χ4v) is 3.45. The van der Waals surface area contributed by atoms with Crippen LogP contribution in [-0.4, -0.2) is 17.3 Å². The van der Waals surface area contributed by atoms with E-state index >= 15 is 0 Å². The quantitative estimate of drug-likeness (QED) is 0.627. The molecule has 2 rings (SSSR count). The Bertz CT molecular complexity index is 514. The van der Waals surface area contributed by atoms with Crippen LogP contribution in [0.3, 0.4) is 0 Å². The first kappa shape index (κ1) is 14.4. The molecule has 3 nitrogen and oxygen atoms in total. The minimum absolute atomic E-state index is 0.517. The van der Waals surface area contributed by atoms with Gasteiger partial charge in [0.25, 0.3) is 0 Å². The lowest BCUT2D eigenvalue weighted by Gasteiger charge is -2.09. The van der Waals surface area contributed by atoms with Crippen molar-refractivity contribution < 1.29 is 4.74 Å². The molecule has 0 radical (unpaired) electrons. The predicted octanol–water partition coefficient (Wildman–Crippen LogP) is 3.47. The van der Waals surface area contributed by atoms with E-state index in [4.69, 9.17) is 10.5 Å².